The third-order valence-corrected chi connectivity index (χ3v) is 4.18. The van der Waals surface area contributed by atoms with Crippen molar-refractivity contribution in [1.82, 2.24) is 20.1 Å². The fraction of sp³-hybridized carbons (Fsp3) is 0.250. The van der Waals surface area contributed by atoms with Crippen LogP contribution in [0, 0.1) is 0 Å². The highest BCUT2D eigenvalue weighted by molar-refractivity contribution is 5.93. The fourth-order valence-electron chi connectivity index (χ4n) is 2.74. The topological polar surface area (TPSA) is 82.1 Å². The van der Waals surface area contributed by atoms with Gasteiger partial charge in [0.05, 0.1) is 5.69 Å². The number of hydrogen-bond acceptors (Lipinski definition) is 4. The van der Waals surface area contributed by atoms with E-state index >= 15 is 0 Å². The van der Waals surface area contributed by atoms with Gasteiger partial charge in [0.2, 0.25) is 0 Å². The van der Waals surface area contributed by atoms with E-state index in [-0.39, 0.29) is 11.7 Å². The van der Waals surface area contributed by atoms with Gasteiger partial charge in [-0.1, -0.05) is 25.5 Å². The Bertz CT molecular complexity index is 861. The van der Waals surface area contributed by atoms with Crippen molar-refractivity contribution in [2.75, 3.05) is 6.54 Å². The first-order valence-electron chi connectivity index (χ1n) is 8.71. The minimum absolute atomic E-state index is 0.107. The van der Waals surface area contributed by atoms with Crippen LogP contribution in [-0.4, -0.2) is 37.6 Å². The number of rotatable bonds is 7. The Hall–Kier alpha value is -3.15. The van der Waals surface area contributed by atoms with E-state index in [1.165, 1.54) is 0 Å². The molecule has 3 aromatic rings. The lowest BCUT2D eigenvalue weighted by Crippen LogP contribution is -2.31. The smallest absolute Gasteiger partial charge is 0.272 e. The summed E-state index contributed by atoms with van der Waals surface area (Å²) >= 11 is 0. The van der Waals surface area contributed by atoms with Gasteiger partial charge in [-0.3, -0.25) is 14.9 Å². The average Bonchev–Trinajstić information content (AvgIpc) is 3.15. The first-order valence-corrected chi connectivity index (χ1v) is 8.71. The second-order valence-corrected chi connectivity index (χ2v) is 6.12. The lowest BCUT2D eigenvalue weighted by molar-refractivity contribution is 0.0734. The van der Waals surface area contributed by atoms with Gasteiger partial charge in [-0.2, -0.15) is 5.10 Å². The van der Waals surface area contributed by atoms with Gasteiger partial charge < -0.3 is 10.0 Å². The molecule has 6 nitrogen and oxygen atoms in total. The van der Waals surface area contributed by atoms with E-state index in [0.717, 1.165) is 18.4 Å². The van der Waals surface area contributed by atoms with Crippen LogP contribution in [0.2, 0.25) is 0 Å². The van der Waals surface area contributed by atoms with E-state index in [2.05, 4.69) is 22.1 Å². The van der Waals surface area contributed by atoms with Crippen molar-refractivity contribution in [3.63, 3.8) is 0 Å². The maximum atomic E-state index is 13.0. The quantitative estimate of drug-likeness (QED) is 0.682. The maximum absolute atomic E-state index is 13.0. The molecule has 1 aromatic carbocycles. The van der Waals surface area contributed by atoms with Crippen molar-refractivity contribution in [3.8, 4) is 17.0 Å². The molecule has 0 unspecified atom stereocenters. The summed E-state index contributed by atoms with van der Waals surface area (Å²) in [6, 6.07) is 12.4. The van der Waals surface area contributed by atoms with Gasteiger partial charge in [-0.25, -0.2) is 0 Å². The molecular formula is C20H22N4O2. The molecule has 0 aliphatic rings. The summed E-state index contributed by atoms with van der Waals surface area (Å²) in [7, 11) is 0. The van der Waals surface area contributed by atoms with Crippen LogP contribution < -0.4 is 0 Å². The summed E-state index contributed by atoms with van der Waals surface area (Å²) in [4.78, 5) is 18.8. The number of phenolic OH excluding ortho intramolecular Hbond substituents is 1. The van der Waals surface area contributed by atoms with Gasteiger partial charge in [0.1, 0.15) is 11.4 Å². The van der Waals surface area contributed by atoms with Crippen LogP contribution in [0.5, 0.6) is 5.75 Å². The lowest BCUT2D eigenvalue weighted by Gasteiger charge is -2.22. The van der Waals surface area contributed by atoms with Crippen LogP contribution in [0.1, 0.15) is 35.8 Å². The number of phenols is 1. The number of carbonyl (C=O) groups excluding carboxylic acids is 1. The molecule has 6 heteroatoms. The molecule has 0 fully saturated rings. The number of hydrogen-bond donors (Lipinski definition) is 2. The molecule has 2 N–H and O–H groups in total. The van der Waals surface area contributed by atoms with Crippen molar-refractivity contribution in [3.05, 3.63) is 66.1 Å². The van der Waals surface area contributed by atoms with E-state index in [0.29, 0.717) is 30.0 Å². The van der Waals surface area contributed by atoms with Gasteiger partial charge >= 0.3 is 0 Å². The van der Waals surface area contributed by atoms with Crippen molar-refractivity contribution in [1.29, 1.82) is 0 Å². The van der Waals surface area contributed by atoms with E-state index in [1.807, 2.05) is 18.2 Å². The maximum Gasteiger partial charge on any atom is 0.272 e. The Morgan fingerprint density at radius 3 is 2.69 bits per heavy atom. The summed E-state index contributed by atoms with van der Waals surface area (Å²) < 4.78 is 0. The molecule has 0 aliphatic carbocycles. The third-order valence-electron chi connectivity index (χ3n) is 4.18. The number of nitrogens with zero attached hydrogens (tertiary/aromatic N) is 3. The van der Waals surface area contributed by atoms with Gasteiger partial charge in [0, 0.05) is 31.0 Å². The number of aromatic hydroxyl groups is 1. The molecule has 0 aliphatic heterocycles. The predicted octanol–water partition coefficient (Wildman–Crippen LogP) is 3.62. The predicted molar refractivity (Wildman–Crippen MR) is 99.6 cm³/mol. The number of amides is 1. The normalized spacial score (nSPS) is 10.7. The zero-order chi connectivity index (χ0) is 18.4. The van der Waals surface area contributed by atoms with Crippen LogP contribution in [0.4, 0.5) is 0 Å². The van der Waals surface area contributed by atoms with Crippen LogP contribution in [0.15, 0.2) is 54.9 Å². The number of H-pyrrole nitrogens is 1. The Morgan fingerprint density at radius 1 is 1.19 bits per heavy atom. The second-order valence-electron chi connectivity index (χ2n) is 6.12. The molecule has 0 atom stereocenters. The summed E-state index contributed by atoms with van der Waals surface area (Å²) in [5.41, 5.74) is 2.58. The summed E-state index contributed by atoms with van der Waals surface area (Å²) in [6.45, 7) is 3.29. The minimum Gasteiger partial charge on any atom is -0.507 e. The van der Waals surface area contributed by atoms with Crippen molar-refractivity contribution in [2.45, 2.75) is 26.3 Å². The molecule has 0 bridgehead atoms. The van der Waals surface area contributed by atoms with Crippen LogP contribution in [-0.2, 0) is 6.54 Å². The van der Waals surface area contributed by atoms with Crippen LogP contribution in [0.3, 0.4) is 0 Å². The number of benzene rings is 1. The van der Waals surface area contributed by atoms with Crippen LogP contribution in [0.25, 0.3) is 11.3 Å². The Morgan fingerprint density at radius 2 is 1.96 bits per heavy atom. The van der Waals surface area contributed by atoms with E-state index < -0.39 is 0 Å². The number of carbonyl (C=O) groups is 1. The molecule has 2 aromatic heterocycles. The SMILES string of the molecule is CCCCN(Cc1ccncc1)C(=O)c1cc(-c2ccccc2O)n[nH]1. The number of para-hydroxylation sites is 1. The van der Waals surface area contributed by atoms with Crippen molar-refractivity contribution >= 4 is 5.91 Å². The standard InChI is InChI=1S/C20H22N4O2/c1-2-3-12-24(14-15-8-10-21-11-9-15)20(26)18-13-17(22-23-18)16-6-4-5-7-19(16)25/h4-11,13,25H,2-3,12,14H2,1H3,(H,22,23). The highest BCUT2D eigenvalue weighted by Crippen LogP contribution is 2.27. The first kappa shape index (κ1) is 17.7. The van der Waals surface area contributed by atoms with Crippen LogP contribution >= 0.6 is 0 Å². The molecule has 134 valence electrons. The van der Waals surface area contributed by atoms with E-state index in [4.69, 9.17) is 0 Å². The summed E-state index contributed by atoms with van der Waals surface area (Å²) in [6.07, 6.45) is 5.39. The minimum atomic E-state index is -0.107. The van der Waals surface area contributed by atoms with Gasteiger partial charge in [-0.15, -0.1) is 0 Å². The lowest BCUT2D eigenvalue weighted by atomic mass is 10.1. The Kier molecular flexibility index (Phi) is 5.63. The molecule has 0 spiro atoms. The molecule has 2 heterocycles. The average molecular weight is 350 g/mol. The number of nitrogens with one attached hydrogen (secondary N) is 1. The summed E-state index contributed by atoms with van der Waals surface area (Å²) in [5, 5.41) is 17.0. The second kappa shape index (κ2) is 8.29. The van der Waals surface area contributed by atoms with E-state index in [9.17, 15) is 9.90 Å². The molecule has 3 rings (SSSR count). The van der Waals surface area contributed by atoms with Gasteiger partial charge in [-0.05, 0) is 42.3 Å². The highest BCUT2D eigenvalue weighted by atomic mass is 16.3. The summed E-state index contributed by atoms with van der Waals surface area (Å²) in [5.74, 6) is 0.0297. The van der Waals surface area contributed by atoms with Gasteiger partial charge in [0.15, 0.2) is 0 Å². The molecular weight excluding hydrogens is 328 g/mol. The molecule has 0 radical (unpaired) electrons. The van der Waals surface area contributed by atoms with Gasteiger partial charge in [0.25, 0.3) is 5.91 Å². The monoisotopic (exact) mass is 350 g/mol. The molecule has 26 heavy (non-hydrogen) atoms. The number of pyridine rings is 1. The Labute approximate surface area is 152 Å². The number of aromatic nitrogens is 3. The van der Waals surface area contributed by atoms with Crippen molar-refractivity contribution in [2.24, 2.45) is 0 Å². The first-order chi connectivity index (χ1) is 12.7. The number of aromatic amines is 1. The fourth-order valence-corrected chi connectivity index (χ4v) is 2.74. The third kappa shape index (κ3) is 4.08. The largest absolute Gasteiger partial charge is 0.507 e. The molecule has 0 saturated carbocycles. The number of unbranched alkanes of at least 4 members (excludes halogenated alkanes) is 1. The highest BCUT2D eigenvalue weighted by Gasteiger charge is 2.19. The van der Waals surface area contributed by atoms with E-state index in [1.54, 1.807) is 41.6 Å². The zero-order valence-electron chi connectivity index (χ0n) is 14.7. The Balaban J connectivity index is 1.81. The zero-order valence-corrected chi connectivity index (χ0v) is 14.7. The van der Waals surface area contributed by atoms with Crippen molar-refractivity contribution < 1.29 is 9.90 Å². The molecule has 0 saturated heterocycles. The molecule has 1 amide bonds.